The maximum absolute atomic E-state index is 10.9. The summed E-state index contributed by atoms with van der Waals surface area (Å²) < 4.78 is 31.4. The maximum atomic E-state index is 10.9. The number of ether oxygens (including phenoxy) is 2. The summed E-state index contributed by atoms with van der Waals surface area (Å²) in [4.78, 5) is 24.0. The molecular weight excluding hydrogens is 404 g/mol. The first-order valence-corrected chi connectivity index (χ1v) is 11.2. The molecule has 2 aliphatic rings. The first-order valence-electron chi connectivity index (χ1n) is 9.02. The van der Waals surface area contributed by atoms with Crippen LogP contribution < -0.4 is 0 Å². The third-order valence-corrected chi connectivity index (χ3v) is 7.01. The number of fused-ring (bicyclic) bond motifs is 4. The molecule has 0 saturated carbocycles. The van der Waals surface area contributed by atoms with E-state index in [1.54, 1.807) is 41.6 Å². The predicted octanol–water partition coefficient (Wildman–Crippen LogP) is -0.667. The van der Waals surface area contributed by atoms with E-state index < -0.39 is 38.3 Å². The van der Waals surface area contributed by atoms with Gasteiger partial charge in [0.15, 0.2) is 0 Å². The molecule has 5 heterocycles. The van der Waals surface area contributed by atoms with Crippen LogP contribution in [0.5, 0.6) is 0 Å². The fourth-order valence-corrected chi connectivity index (χ4v) is 5.32. The van der Waals surface area contributed by atoms with Gasteiger partial charge in [-0.15, -0.1) is 0 Å². The monoisotopic (exact) mass is 423 g/mol. The van der Waals surface area contributed by atoms with Gasteiger partial charge in [0.25, 0.3) is 0 Å². The summed E-state index contributed by atoms with van der Waals surface area (Å²) in [5, 5.41) is 10.9. The normalized spacial score (nSPS) is 29.7. The number of esters is 1. The van der Waals surface area contributed by atoms with Crippen molar-refractivity contribution in [2.75, 3.05) is 13.4 Å². The molecule has 1 unspecified atom stereocenters. The Morgan fingerprint density at radius 2 is 2.24 bits per heavy atom. The van der Waals surface area contributed by atoms with Crippen LogP contribution in [0.1, 0.15) is 13.2 Å². The molecule has 14 heteroatoms. The molecule has 154 valence electrons. The van der Waals surface area contributed by atoms with Gasteiger partial charge in [-0.25, -0.2) is 0 Å². The number of aromatic nitrogens is 5. The fourth-order valence-electron chi connectivity index (χ4n) is 3.57. The van der Waals surface area contributed by atoms with E-state index in [1.165, 1.54) is 6.92 Å². The predicted molar refractivity (Wildman–Crippen MR) is 102 cm³/mol. The van der Waals surface area contributed by atoms with Crippen LogP contribution in [-0.4, -0.2) is 74.3 Å². The Balaban J connectivity index is 1.38. The minimum atomic E-state index is -3.10. The summed E-state index contributed by atoms with van der Waals surface area (Å²) in [7, 11) is -1.42. The third-order valence-electron chi connectivity index (χ3n) is 4.98. The fraction of sp³-hybridized carbons (Fsp3) is 0.467. The van der Waals surface area contributed by atoms with E-state index in [0.29, 0.717) is 16.8 Å². The van der Waals surface area contributed by atoms with Crippen molar-refractivity contribution >= 4 is 38.2 Å². The summed E-state index contributed by atoms with van der Waals surface area (Å²) in [6, 6.07) is 0. The molecule has 2 saturated heterocycles. The Labute approximate surface area is 165 Å². The van der Waals surface area contributed by atoms with Crippen LogP contribution >= 0.6 is 7.82 Å². The molecule has 5 rings (SSSR count). The second kappa shape index (κ2) is 6.97. The zero-order valence-corrected chi connectivity index (χ0v) is 16.7. The van der Waals surface area contributed by atoms with Crippen molar-refractivity contribution in [1.82, 2.24) is 23.9 Å². The molecule has 0 radical (unpaired) electrons. The second-order valence-electron chi connectivity index (χ2n) is 6.94. The third kappa shape index (κ3) is 3.20. The van der Waals surface area contributed by atoms with Gasteiger partial charge < -0.3 is 0 Å². The second-order valence-corrected chi connectivity index (χ2v) is 9.47. The minimum absolute atomic E-state index is 0.186. The van der Waals surface area contributed by atoms with E-state index in [-0.39, 0.29) is 13.4 Å². The number of aliphatic hydroxyl groups excluding tert-OH is 1. The van der Waals surface area contributed by atoms with Gasteiger partial charge in [-0.3, -0.25) is 0 Å². The van der Waals surface area contributed by atoms with Crippen molar-refractivity contribution in [2.45, 2.75) is 31.5 Å². The molecule has 2 fully saturated rings. The van der Waals surface area contributed by atoms with Crippen molar-refractivity contribution in [2.24, 2.45) is 0 Å². The van der Waals surface area contributed by atoms with E-state index in [0.717, 1.165) is 0 Å². The average Bonchev–Trinajstić information content (AvgIpc) is 3.38. The molecule has 3 aromatic rings. The van der Waals surface area contributed by atoms with Crippen molar-refractivity contribution in [3.8, 4) is 0 Å². The average molecular weight is 423 g/mol. The van der Waals surface area contributed by atoms with Crippen LogP contribution in [0.3, 0.4) is 0 Å². The Morgan fingerprint density at radius 1 is 1.38 bits per heavy atom. The van der Waals surface area contributed by atoms with Gasteiger partial charge in [0, 0.05) is 0 Å². The van der Waals surface area contributed by atoms with Crippen LogP contribution in [0.4, 0.5) is 0 Å². The molecule has 2 aliphatic heterocycles. The molecule has 1 N–H and O–H groups in total. The van der Waals surface area contributed by atoms with Crippen molar-refractivity contribution in [1.29, 1.82) is 0 Å². The molecule has 12 nitrogen and oxygen atoms in total. The number of rotatable bonds is 4. The van der Waals surface area contributed by atoms with Crippen LogP contribution in [0.15, 0.2) is 25.0 Å². The molecule has 3 aromatic heterocycles. The number of carbonyl (C=O) groups is 1. The molecule has 29 heavy (non-hydrogen) atoms. The zero-order chi connectivity index (χ0) is 20.2. The van der Waals surface area contributed by atoms with E-state index in [1.807, 2.05) is 0 Å². The standard InChI is InChI=1S/C15H19BN5O7P/c1-8(22)24-7-26-29(16)25-4-9-12(28-29)11(23)15(27-9)21-6-18-10-13-17-2-3-20(13)5-19-14(10)21/h2-3,5-6,9,11-12,15,23,29H,4,7,16H2,1H3/t9-,11?,12+,15-/m1/s1. The quantitative estimate of drug-likeness (QED) is 0.250. The molecule has 0 amide bonds. The number of imidazole rings is 2. The zero-order valence-electron chi connectivity index (χ0n) is 15.7. The number of nitrogens with zero attached hydrogens (tertiary/aromatic N) is 5. The summed E-state index contributed by atoms with van der Waals surface area (Å²) in [6.07, 6.45) is 3.74. The van der Waals surface area contributed by atoms with Crippen LogP contribution in [-0.2, 0) is 27.8 Å². The summed E-state index contributed by atoms with van der Waals surface area (Å²) in [6.45, 7) is 1.20. The van der Waals surface area contributed by atoms with Gasteiger partial charge >= 0.3 is 165 Å². The van der Waals surface area contributed by atoms with Crippen LogP contribution in [0.25, 0.3) is 16.8 Å². The van der Waals surface area contributed by atoms with E-state index >= 15 is 0 Å². The molecule has 4 atom stereocenters. The van der Waals surface area contributed by atoms with E-state index in [2.05, 4.69) is 15.0 Å². The van der Waals surface area contributed by atoms with Gasteiger partial charge in [0.1, 0.15) is 0 Å². The summed E-state index contributed by atoms with van der Waals surface area (Å²) in [5.41, 5.74) is 1.81. The van der Waals surface area contributed by atoms with E-state index in [9.17, 15) is 9.90 Å². The topological polar surface area (TPSA) is 131 Å². The van der Waals surface area contributed by atoms with Crippen LogP contribution in [0.2, 0.25) is 0 Å². The van der Waals surface area contributed by atoms with Crippen molar-refractivity contribution < 1.29 is 32.9 Å². The Hall–Kier alpha value is -2.15. The summed E-state index contributed by atoms with van der Waals surface area (Å²) in [5.74, 6) is -0.466. The van der Waals surface area contributed by atoms with Crippen molar-refractivity contribution in [3.05, 3.63) is 25.0 Å². The van der Waals surface area contributed by atoms with Gasteiger partial charge in [-0.1, -0.05) is 0 Å². The van der Waals surface area contributed by atoms with Gasteiger partial charge in [-0.2, -0.15) is 0 Å². The van der Waals surface area contributed by atoms with Gasteiger partial charge in [-0.05, 0) is 0 Å². The molecular formula is C15H19BN5O7P. The SMILES string of the molecule is B[PH]1(OCOC(C)=O)OC[C@H]2O[C@@H](n3cnc4c3ncn3ccnc43)C(O)[C@H]2O1. The van der Waals surface area contributed by atoms with Gasteiger partial charge in [0.2, 0.25) is 0 Å². The van der Waals surface area contributed by atoms with Crippen molar-refractivity contribution in [3.63, 3.8) is 0 Å². The van der Waals surface area contributed by atoms with Crippen LogP contribution in [0, 0.1) is 0 Å². The Kier molecular flexibility index (Phi) is 4.54. The molecule has 0 bridgehead atoms. The Morgan fingerprint density at radius 3 is 3.07 bits per heavy atom. The Bertz CT molecular complexity index is 1080. The molecule has 0 aliphatic carbocycles. The van der Waals surface area contributed by atoms with Gasteiger partial charge in [0.05, 0.1) is 0 Å². The molecule has 0 aromatic carbocycles. The first-order chi connectivity index (χ1) is 14.0. The number of hydrogen-bond donors (Lipinski definition) is 1. The first kappa shape index (κ1) is 18.9. The number of hydrogen-bond acceptors (Lipinski definition) is 10. The number of aliphatic hydroxyl groups is 1. The molecule has 0 spiro atoms. The number of carbonyl (C=O) groups excluding carboxylic acids is 1. The van der Waals surface area contributed by atoms with E-state index in [4.69, 9.17) is 23.0 Å². The summed E-state index contributed by atoms with van der Waals surface area (Å²) >= 11 is 0.